The Balaban J connectivity index is 1.59. The fraction of sp³-hybridized carbons (Fsp3) is 0.222. The molecule has 0 saturated heterocycles. The number of hydrogen-bond donors (Lipinski definition) is 2. The number of ether oxygens (including phenoxy) is 1. The zero-order valence-electron chi connectivity index (χ0n) is 13.5. The molecule has 1 heterocycles. The smallest absolute Gasteiger partial charge is 0.265 e. The SMILES string of the molecule is Cc1ccc(SCC(=O)Nc2ccc3c(c2)NC(=O)[C@@H](C)O3)cc1. The van der Waals surface area contributed by atoms with Gasteiger partial charge in [0.05, 0.1) is 11.4 Å². The molecular weight excluding hydrogens is 324 g/mol. The number of nitrogens with one attached hydrogen (secondary N) is 2. The number of benzene rings is 2. The lowest BCUT2D eigenvalue weighted by Crippen LogP contribution is -2.34. The Kier molecular flexibility index (Phi) is 4.76. The lowest BCUT2D eigenvalue weighted by molar-refractivity contribution is -0.122. The van der Waals surface area contributed by atoms with Crippen molar-refractivity contribution in [3.8, 4) is 5.75 Å². The first kappa shape index (κ1) is 16.4. The normalized spacial score (nSPS) is 15.9. The van der Waals surface area contributed by atoms with Crippen LogP contribution in [0.3, 0.4) is 0 Å². The van der Waals surface area contributed by atoms with Gasteiger partial charge in [0.2, 0.25) is 5.91 Å². The summed E-state index contributed by atoms with van der Waals surface area (Å²) in [7, 11) is 0. The van der Waals surface area contributed by atoms with Crippen LogP contribution in [0.25, 0.3) is 0 Å². The van der Waals surface area contributed by atoms with E-state index in [1.165, 1.54) is 17.3 Å². The molecule has 1 aliphatic rings. The number of carbonyl (C=O) groups excluding carboxylic acids is 2. The Bertz CT molecular complexity index is 774. The third-order valence-electron chi connectivity index (χ3n) is 3.59. The summed E-state index contributed by atoms with van der Waals surface area (Å²) in [6.45, 7) is 3.72. The highest BCUT2D eigenvalue weighted by Gasteiger charge is 2.23. The molecular formula is C18H18N2O3S. The first-order chi connectivity index (χ1) is 11.5. The van der Waals surface area contributed by atoms with Gasteiger partial charge in [-0.2, -0.15) is 0 Å². The largest absolute Gasteiger partial charge is 0.479 e. The number of thioether (sulfide) groups is 1. The molecule has 5 nitrogen and oxygen atoms in total. The summed E-state index contributed by atoms with van der Waals surface area (Å²) >= 11 is 1.48. The van der Waals surface area contributed by atoms with Crippen LogP contribution >= 0.6 is 11.8 Å². The molecule has 124 valence electrons. The molecule has 6 heteroatoms. The second-order valence-electron chi connectivity index (χ2n) is 5.61. The summed E-state index contributed by atoms with van der Waals surface area (Å²) in [6, 6.07) is 13.3. The summed E-state index contributed by atoms with van der Waals surface area (Å²) in [5, 5.41) is 5.60. The van der Waals surface area contributed by atoms with Crippen LogP contribution < -0.4 is 15.4 Å². The van der Waals surface area contributed by atoms with E-state index in [0.717, 1.165) is 4.90 Å². The molecule has 2 amide bonds. The van der Waals surface area contributed by atoms with E-state index in [4.69, 9.17) is 4.74 Å². The van der Waals surface area contributed by atoms with E-state index in [-0.39, 0.29) is 11.8 Å². The van der Waals surface area contributed by atoms with Crippen LogP contribution in [0.1, 0.15) is 12.5 Å². The monoisotopic (exact) mass is 342 g/mol. The van der Waals surface area contributed by atoms with E-state index in [1.54, 1.807) is 25.1 Å². The van der Waals surface area contributed by atoms with E-state index < -0.39 is 6.10 Å². The maximum absolute atomic E-state index is 12.1. The average Bonchev–Trinajstić information content (AvgIpc) is 2.56. The van der Waals surface area contributed by atoms with Crippen molar-refractivity contribution in [1.29, 1.82) is 0 Å². The summed E-state index contributed by atoms with van der Waals surface area (Å²) in [4.78, 5) is 24.8. The van der Waals surface area contributed by atoms with Gasteiger partial charge in [-0.05, 0) is 44.2 Å². The molecule has 2 aromatic rings. The van der Waals surface area contributed by atoms with Crippen molar-refractivity contribution in [3.63, 3.8) is 0 Å². The number of anilines is 2. The molecule has 0 spiro atoms. The third-order valence-corrected chi connectivity index (χ3v) is 4.60. The van der Waals surface area contributed by atoms with E-state index >= 15 is 0 Å². The van der Waals surface area contributed by atoms with Gasteiger partial charge in [0.1, 0.15) is 5.75 Å². The van der Waals surface area contributed by atoms with E-state index in [0.29, 0.717) is 22.9 Å². The minimum atomic E-state index is -0.510. The predicted octanol–water partition coefficient (Wildman–Crippen LogP) is 3.45. The van der Waals surface area contributed by atoms with Crippen LogP contribution in [-0.4, -0.2) is 23.7 Å². The molecule has 24 heavy (non-hydrogen) atoms. The molecule has 3 rings (SSSR count). The topological polar surface area (TPSA) is 67.4 Å². The van der Waals surface area contributed by atoms with Crippen molar-refractivity contribution in [3.05, 3.63) is 48.0 Å². The molecule has 0 fully saturated rings. The zero-order valence-corrected chi connectivity index (χ0v) is 14.3. The number of aryl methyl sites for hydroxylation is 1. The number of carbonyl (C=O) groups is 2. The molecule has 0 bridgehead atoms. The Morgan fingerprint density at radius 3 is 2.75 bits per heavy atom. The van der Waals surface area contributed by atoms with Gasteiger partial charge in [0.15, 0.2) is 6.10 Å². The van der Waals surface area contributed by atoms with Crippen LogP contribution in [0.15, 0.2) is 47.4 Å². The van der Waals surface area contributed by atoms with Crippen LogP contribution in [0.2, 0.25) is 0 Å². The van der Waals surface area contributed by atoms with E-state index in [1.807, 2.05) is 31.2 Å². The van der Waals surface area contributed by atoms with Crippen molar-refractivity contribution in [1.82, 2.24) is 0 Å². The van der Waals surface area contributed by atoms with Crippen LogP contribution in [-0.2, 0) is 9.59 Å². The highest BCUT2D eigenvalue weighted by atomic mass is 32.2. The van der Waals surface area contributed by atoms with Crippen LogP contribution in [0.5, 0.6) is 5.75 Å². The summed E-state index contributed by atoms with van der Waals surface area (Å²) < 4.78 is 5.49. The van der Waals surface area contributed by atoms with E-state index in [2.05, 4.69) is 10.6 Å². The Labute approximate surface area is 144 Å². The highest BCUT2D eigenvalue weighted by Crippen LogP contribution is 2.32. The number of hydrogen-bond acceptors (Lipinski definition) is 4. The first-order valence-electron chi connectivity index (χ1n) is 7.62. The molecule has 2 aromatic carbocycles. The summed E-state index contributed by atoms with van der Waals surface area (Å²) in [5.74, 6) is 0.632. The summed E-state index contributed by atoms with van der Waals surface area (Å²) in [6.07, 6.45) is -0.510. The van der Waals surface area contributed by atoms with Gasteiger partial charge in [-0.3, -0.25) is 9.59 Å². The van der Waals surface area contributed by atoms with Crippen molar-refractivity contribution >= 4 is 35.0 Å². The van der Waals surface area contributed by atoms with Crippen molar-refractivity contribution in [2.45, 2.75) is 24.8 Å². The Hall–Kier alpha value is -2.47. The van der Waals surface area contributed by atoms with E-state index in [9.17, 15) is 9.59 Å². The third kappa shape index (κ3) is 3.89. The van der Waals surface area contributed by atoms with Gasteiger partial charge in [-0.1, -0.05) is 17.7 Å². The van der Waals surface area contributed by atoms with Gasteiger partial charge in [-0.25, -0.2) is 0 Å². The number of fused-ring (bicyclic) bond motifs is 1. The Morgan fingerprint density at radius 2 is 2.00 bits per heavy atom. The van der Waals surface area contributed by atoms with Crippen molar-refractivity contribution < 1.29 is 14.3 Å². The molecule has 0 aromatic heterocycles. The Morgan fingerprint density at radius 1 is 1.25 bits per heavy atom. The number of amides is 2. The molecule has 2 N–H and O–H groups in total. The fourth-order valence-corrected chi connectivity index (χ4v) is 2.97. The molecule has 0 radical (unpaired) electrons. The molecule has 0 unspecified atom stereocenters. The fourth-order valence-electron chi connectivity index (χ4n) is 2.27. The maximum Gasteiger partial charge on any atom is 0.265 e. The second-order valence-corrected chi connectivity index (χ2v) is 6.66. The van der Waals surface area contributed by atoms with Crippen molar-refractivity contribution in [2.24, 2.45) is 0 Å². The van der Waals surface area contributed by atoms with Crippen LogP contribution in [0, 0.1) is 6.92 Å². The number of rotatable bonds is 4. The van der Waals surface area contributed by atoms with Gasteiger partial charge in [0.25, 0.3) is 5.91 Å². The first-order valence-corrected chi connectivity index (χ1v) is 8.61. The van der Waals surface area contributed by atoms with Gasteiger partial charge in [-0.15, -0.1) is 11.8 Å². The highest BCUT2D eigenvalue weighted by molar-refractivity contribution is 8.00. The predicted molar refractivity (Wildman–Crippen MR) is 95.7 cm³/mol. The lowest BCUT2D eigenvalue weighted by Gasteiger charge is -2.23. The van der Waals surface area contributed by atoms with Gasteiger partial charge >= 0.3 is 0 Å². The second kappa shape index (κ2) is 6.97. The average molecular weight is 342 g/mol. The minimum Gasteiger partial charge on any atom is -0.479 e. The van der Waals surface area contributed by atoms with Gasteiger partial charge in [0, 0.05) is 10.6 Å². The quantitative estimate of drug-likeness (QED) is 0.835. The molecule has 1 aliphatic heterocycles. The van der Waals surface area contributed by atoms with Gasteiger partial charge < -0.3 is 15.4 Å². The lowest BCUT2D eigenvalue weighted by atomic mass is 10.2. The maximum atomic E-state index is 12.1. The molecule has 1 atom stereocenters. The standard InChI is InChI=1S/C18H18N2O3S/c1-11-3-6-14(7-4-11)24-10-17(21)19-13-5-8-16-15(9-13)20-18(22)12(2)23-16/h3-9,12H,10H2,1-2H3,(H,19,21)(H,20,22)/t12-/m1/s1. The zero-order chi connectivity index (χ0) is 17.1. The minimum absolute atomic E-state index is 0.100. The molecule has 0 saturated carbocycles. The molecule has 0 aliphatic carbocycles. The van der Waals surface area contributed by atoms with Crippen molar-refractivity contribution in [2.75, 3.05) is 16.4 Å². The summed E-state index contributed by atoms with van der Waals surface area (Å²) in [5.41, 5.74) is 2.39. The van der Waals surface area contributed by atoms with Crippen LogP contribution in [0.4, 0.5) is 11.4 Å².